The van der Waals surface area contributed by atoms with Gasteiger partial charge in [0.15, 0.2) is 0 Å². The zero-order chi connectivity index (χ0) is 17.6. The molecule has 0 heterocycles. The van der Waals surface area contributed by atoms with Gasteiger partial charge in [-0.2, -0.15) is 0 Å². The highest BCUT2D eigenvalue weighted by atomic mass is 32.2. The molecule has 23 heavy (non-hydrogen) atoms. The van der Waals surface area contributed by atoms with Crippen molar-refractivity contribution < 1.29 is 17.5 Å². The first kappa shape index (κ1) is 22.9. The van der Waals surface area contributed by atoms with E-state index in [0.29, 0.717) is 6.42 Å². The molecule has 0 aliphatic heterocycles. The molecule has 5 heteroatoms. The molecule has 0 saturated heterocycles. The van der Waals surface area contributed by atoms with Gasteiger partial charge in [-0.05, 0) is 40.0 Å². The molecule has 0 bridgehead atoms. The second-order valence-electron chi connectivity index (χ2n) is 6.81. The van der Waals surface area contributed by atoms with Crippen molar-refractivity contribution in [2.75, 3.05) is 31.9 Å². The Kier molecular flexibility index (Phi) is 13.1. The number of rotatable bonds is 16. The molecular weight excluding hydrogens is 310 g/mol. The smallest absolute Gasteiger partial charge is 0.0945 e. The van der Waals surface area contributed by atoms with Gasteiger partial charge < -0.3 is 9.04 Å². The van der Waals surface area contributed by atoms with Crippen molar-refractivity contribution in [3.05, 3.63) is 0 Å². The molecule has 0 spiro atoms. The van der Waals surface area contributed by atoms with Crippen LogP contribution in [0.25, 0.3) is 0 Å². The van der Waals surface area contributed by atoms with Crippen molar-refractivity contribution in [2.24, 2.45) is 0 Å². The van der Waals surface area contributed by atoms with Crippen LogP contribution in [0, 0.1) is 0 Å². The molecule has 0 aromatic carbocycles. The topological polar surface area (TPSA) is 57.2 Å². The fourth-order valence-electron chi connectivity index (χ4n) is 3.29. The SMILES string of the molecule is CC[N+](CC)(CC)CCCCCCCCCCCCS(=O)(=O)[O-]. The summed E-state index contributed by atoms with van der Waals surface area (Å²) in [4.78, 5) is 0. The van der Waals surface area contributed by atoms with E-state index in [1.165, 1.54) is 75.6 Å². The van der Waals surface area contributed by atoms with Crippen LogP contribution in [0.1, 0.15) is 85.0 Å². The van der Waals surface area contributed by atoms with E-state index in [1.807, 2.05) is 0 Å². The number of hydrogen-bond acceptors (Lipinski definition) is 3. The number of unbranched alkanes of at least 4 members (excludes halogenated alkanes) is 9. The molecule has 140 valence electrons. The zero-order valence-electron chi connectivity index (χ0n) is 15.7. The minimum absolute atomic E-state index is 0.194. The third kappa shape index (κ3) is 12.9. The van der Waals surface area contributed by atoms with Crippen LogP contribution in [-0.4, -0.2) is 49.4 Å². The van der Waals surface area contributed by atoms with E-state index in [2.05, 4.69) is 20.8 Å². The molecule has 0 unspecified atom stereocenters. The highest BCUT2D eigenvalue weighted by Crippen LogP contribution is 2.13. The predicted molar refractivity (Wildman–Crippen MR) is 97.5 cm³/mol. The summed E-state index contributed by atoms with van der Waals surface area (Å²) in [6.07, 6.45) is 11.5. The lowest BCUT2D eigenvalue weighted by Gasteiger charge is -2.35. The fraction of sp³-hybridized carbons (Fsp3) is 1.00. The van der Waals surface area contributed by atoms with Gasteiger partial charge in [-0.1, -0.05) is 44.9 Å². The van der Waals surface area contributed by atoms with Gasteiger partial charge in [0.25, 0.3) is 0 Å². The molecular formula is C18H39NO3S. The lowest BCUT2D eigenvalue weighted by Crippen LogP contribution is -2.48. The Bertz CT molecular complexity index is 356. The minimum Gasteiger partial charge on any atom is -0.748 e. The Morgan fingerprint density at radius 1 is 0.652 bits per heavy atom. The van der Waals surface area contributed by atoms with Crippen molar-refractivity contribution in [3.63, 3.8) is 0 Å². The molecule has 0 radical (unpaired) electrons. The number of quaternary nitrogens is 1. The predicted octanol–water partition coefficient (Wildman–Crippen LogP) is 4.31. The Balaban J connectivity index is 3.37. The zero-order valence-corrected chi connectivity index (χ0v) is 16.5. The van der Waals surface area contributed by atoms with E-state index in [1.54, 1.807) is 0 Å². The first-order valence-electron chi connectivity index (χ1n) is 9.67. The van der Waals surface area contributed by atoms with Crippen molar-refractivity contribution >= 4 is 10.1 Å². The van der Waals surface area contributed by atoms with Gasteiger partial charge in [0, 0.05) is 5.75 Å². The normalized spacial score (nSPS) is 12.7. The Hall–Kier alpha value is -0.130. The second kappa shape index (κ2) is 13.2. The summed E-state index contributed by atoms with van der Waals surface area (Å²) in [5.41, 5.74) is 0. The average Bonchev–Trinajstić information content (AvgIpc) is 2.52. The first-order valence-corrected chi connectivity index (χ1v) is 11.3. The van der Waals surface area contributed by atoms with Crippen molar-refractivity contribution in [3.8, 4) is 0 Å². The summed E-state index contributed by atoms with van der Waals surface area (Å²) in [7, 11) is -4.00. The van der Waals surface area contributed by atoms with Gasteiger partial charge in [0.1, 0.15) is 0 Å². The standard InChI is InChI=1S/C18H39NO3S/c1-4-19(5-2,6-3)17-15-13-11-9-7-8-10-12-14-16-18-23(20,21)22/h4-18H2,1-3H3. The number of hydrogen-bond donors (Lipinski definition) is 0. The Morgan fingerprint density at radius 2 is 1.00 bits per heavy atom. The molecule has 0 N–H and O–H groups in total. The first-order chi connectivity index (χ1) is 10.9. The maximum atomic E-state index is 10.5. The molecule has 0 amide bonds. The largest absolute Gasteiger partial charge is 0.748 e. The van der Waals surface area contributed by atoms with Crippen LogP contribution in [0.5, 0.6) is 0 Å². The fourth-order valence-corrected chi connectivity index (χ4v) is 3.84. The Morgan fingerprint density at radius 3 is 1.35 bits per heavy atom. The van der Waals surface area contributed by atoms with E-state index < -0.39 is 10.1 Å². The van der Waals surface area contributed by atoms with Crippen LogP contribution in [0.4, 0.5) is 0 Å². The van der Waals surface area contributed by atoms with Crippen LogP contribution in [0.2, 0.25) is 0 Å². The molecule has 0 atom stereocenters. The maximum absolute atomic E-state index is 10.5. The van der Waals surface area contributed by atoms with Crippen LogP contribution in [0.3, 0.4) is 0 Å². The summed E-state index contributed by atoms with van der Waals surface area (Å²) in [6, 6.07) is 0. The van der Waals surface area contributed by atoms with Crippen molar-refractivity contribution in [1.29, 1.82) is 0 Å². The van der Waals surface area contributed by atoms with Gasteiger partial charge in [-0.15, -0.1) is 0 Å². The molecule has 0 rings (SSSR count). The van der Waals surface area contributed by atoms with Gasteiger partial charge in [0.05, 0.1) is 36.3 Å². The lowest BCUT2D eigenvalue weighted by molar-refractivity contribution is -0.923. The summed E-state index contributed by atoms with van der Waals surface area (Å²) in [5, 5.41) is 0. The molecule has 0 saturated carbocycles. The monoisotopic (exact) mass is 349 g/mol. The minimum atomic E-state index is -4.00. The van der Waals surface area contributed by atoms with E-state index in [4.69, 9.17) is 0 Å². The third-order valence-corrected chi connectivity index (χ3v) is 6.08. The average molecular weight is 350 g/mol. The maximum Gasteiger partial charge on any atom is 0.0945 e. The number of nitrogens with zero attached hydrogens (tertiary/aromatic N) is 1. The van der Waals surface area contributed by atoms with Crippen LogP contribution >= 0.6 is 0 Å². The second-order valence-corrected chi connectivity index (χ2v) is 8.33. The molecule has 0 aliphatic rings. The summed E-state index contributed by atoms with van der Waals surface area (Å²) < 4.78 is 32.6. The van der Waals surface area contributed by atoms with Crippen molar-refractivity contribution in [2.45, 2.75) is 85.0 Å². The van der Waals surface area contributed by atoms with E-state index in [9.17, 15) is 13.0 Å². The quantitative estimate of drug-likeness (QED) is 0.237. The van der Waals surface area contributed by atoms with Crippen LogP contribution in [0.15, 0.2) is 0 Å². The highest BCUT2D eigenvalue weighted by molar-refractivity contribution is 7.85. The van der Waals surface area contributed by atoms with E-state index >= 15 is 0 Å². The van der Waals surface area contributed by atoms with Gasteiger partial charge in [-0.25, -0.2) is 8.42 Å². The molecule has 0 aliphatic carbocycles. The van der Waals surface area contributed by atoms with E-state index in [0.717, 1.165) is 12.8 Å². The van der Waals surface area contributed by atoms with E-state index in [-0.39, 0.29) is 5.75 Å². The summed E-state index contributed by atoms with van der Waals surface area (Å²) >= 11 is 0. The molecule has 0 aromatic heterocycles. The van der Waals surface area contributed by atoms with Gasteiger partial charge in [0.2, 0.25) is 0 Å². The molecule has 0 fully saturated rings. The van der Waals surface area contributed by atoms with Crippen molar-refractivity contribution in [1.82, 2.24) is 0 Å². The summed E-state index contributed by atoms with van der Waals surface area (Å²) in [6.45, 7) is 12.0. The van der Waals surface area contributed by atoms with Gasteiger partial charge >= 0.3 is 0 Å². The van der Waals surface area contributed by atoms with Crippen LogP contribution in [-0.2, 0) is 10.1 Å². The third-order valence-electron chi connectivity index (χ3n) is 5.29. The summed E-state index contributed by atoms with van der Waals surface area (Å²) in [5.74, 6) is -0.194. The Labute approximate surface area is 145 Å². The highest BCUT2D eigenvalue weighted by Gasteiger charge is 2.19. The lowest BCUT2D eigenvalue weighted by atomic mass is 10.1. The molecule has 4 nitrogen and oxygen atoms in total. The molecule has 0 aromatic rings. The van der Waals surface area contributed by atoms with Crippen LogP contribution < -0.4 is 0 Å². The van der Waals surface area contributed by atoms with Gasteiger partial charge in [-0.3, -0.25) is 0 Å².